The van der Waals surface area contributed by atoms with Gasteiger partial charge in [0.05, 0.1) is 11.1 Å². The highest BCUT2D eigenvalue weighted by molar-refractivity contribution is 6.15. The van der Waals surface area contributed by atoms with Crippen molar-refractivity contribution in [3.8, 4) is 0 Å². The van der Waals surface area contributed by atoms with Crippen LogP contribution in [-0.2, 0) is 10.8 Å². The summed E-state index contributed by atoms with van der Waals surface area (Å²) < 4.78 is 0. The van der Waals surface area contributed by atoms with Gasteiger partial charge in [-0.1, -0.05) is 173 Å². The van der Waals surface area contributed by atoms with Gasteiger partial charge in [0.2, 0.25) is 0 Å². The van der Waals surface area contributed by atoms with Crippen molar-refractivity contribution < 1.29 is 0 Å². The van der Waals surface area contributed by atoms with Crippen LogP contribution in [0.5, 0.6) is 0 Å². The normalized spacial score (nSPS) is 15.2. The number of benzene rings is 7. The Kier molecular flexibility index (Phi) is 8.84. The topological polar surface area (TPSA) is 19.0 Å². The van der Waals surface area contributed by atoms with E-state index in [-0.39, 0.29) is 5.41 Å². The number of anilines is 3. The number of hydrogen-bond acceptors (Lipinski definition) is 1. The van der Waals surface area contributed by atoms with Crippen LogP contribution >= 0.6 is 0 Å². The summed E-state index contributed by atoms with van der Waals surface area (Å²) in [5, 5.41) is 2.39. The lowest BCUT2D eigenvalue weighted by atomic mass is 9.65. The second kappa shape index (κ2) is 14.3. The lowest BCUT2D eigenvalue weighted by molar-refractivity contribution is 0.654. The summed E-state index contributed by atoms with van der Waals surface area (Å²) in [5.74, 6) is 0. The van der Waals surface area contributed by atoms with E-state index in [0.29, 0.717) is 0 Å². The molecule has 1 N–H and O–H groups in total. The maximum absolute atomic E-state index is 4.50. The highest BCUT2D eigenvalue weighted by atomic mass is 15.1. The van der Waals surface area contributed by atoms with Crippen molar-refractivity contribution in [1.82, 2.24) is 4.98 Å². The number of rotatable bonds is 9. The fourth-order valence-corrected chi connectivity index (χ4v) is 10.5. The Bertz CT molecular complexity index is 3070. The van der Waals surface area contributed by atoms with Crippen LogP contribution in [0.2, 0.25) is 0 Å². The molecule has 2 aliphatic carbocycles. The van der Waals surface area contributed by atoms with Gasteiger partial charge >= 0.3 is 0 Å². The van der Waals surface area contributed by atoms with Crippen molar-refractivity contribution in [3.05, 3.63) is 251 Å². The number of aromatic amines is 1. The van der Waals surface area contributed by atoms with Gasteiger partial charge in [-0.2, -0.15) is 0 Å². The van der Waals surface area contributed by atoms with Gasteiger partial charge in [-0.25, -0.2) is 0 Å². The summed E-state index contributed by atoms with van der Waals surface area (Å²) in [6, 6.07) is 60.4. The van der Waals surface area contributed by atoms with Gasteiger partial charge in [0.15, 0.2) is 0 Å². The standard InChI is InChI=1S/C58H48N2/c1-7-21-49-43(8-2)46-34-32-41(36-50(46)57(49,5)6)60(54-31-20-30-53-55(54)48-28-18-19-29-52(48)59-53)42-33-35-47-44(9-3)56(45-27-17-16-22-38(45)4)58(51(47)37-42,39-23-12-10-13-24-39)40-25-14-11-15-26-40/h7-37,59H,2-3H2,1,4-6H3/b21-7-. The summed E-state index contributed by atoms with van der Waals surface area (Å²) in [4.78, 5) is 6.22. The number of allylic oxidation sites excluding steroid dienone is 8. The van der Waals surface area contributed by atoms with Crippen LogP contribution in [-0.4, -0.2) is 4.98 Å². The molecule has 2 heteroatoms. The summed E-state index contributed by atoms with van der Waals surface area (Å²) in [6.45, 7) is 17.8. The number of nitrogens with zero attached hydrogens (tertiary/aromatic N) is 1. The molecule has 0 amide bonds. The van der Waals surface area contributed by atoms with Crippen LogP contribution < -0.4 is 4.90 Å². The minimum absolute atomic E-state index is 0.223. The first-order valence-electron chi connectivity index (χ1n) is 21.0. The monoisotopic (exact) mass is 772 g/mol. The van der Waals surface area contributed by atoms with Gasteiger partial charge in [0.25, 0.3) is 0 Å². The number of para-hydroxylation sites is 1. The molecule has 0 saturated heterocycles. The van der Waals surface area contributed by atoms with Crippen molar-refractivity contribution in [2.45, 2.75) is 38.5 Å². The average Bonchev–Trinajstić information content (AvgIpc) is 3.88. The smallest absolute Gasteiger partial charge is 0.0720 e. The van der Waals surface area contributed by atoms with E-state index >= 15 is 0 Å². The van der Waals surface area contributed by atoms with Crippen LogP contribution in [0.1, 0.15) is 65.3 Å². The molecular formula is C58H48N2. The zero-order chi connectivity index (χ0) is 41.2. The average molecular weight is 773 g/mol. The number of H-pyrrole nitrogens is 1. The molecule has 7 aromatic carbocycles. The fraction of sp³-hybridized carbons (Fsp3) is 0.103. The third kappa shape index (κ3) is 5.34. The van der Waals surface area contributed by atoms with Crippen molar-refractivity contribution >= 4 is 55.6 Å². The maximum Gasteiger partial charge on any atom is 0.0720 e. The predicted molar refractivity (Wildman–Crippen MR) is 256 cm³/mol. The molecule has 60 heavy (non-hydrogen) atoms. The molecule has 0 aliphatic heterocycles. The first-order valence-corrected chi connectivity index (χ1v) is 21.0. The summed E-state index contributed by atoms with van der Waals surface area (Å²) >= 11 is 0. The van der Waals surface area contributed by atoms with Gasteiger partial charge in [-0.15, -0.1) is 0 Å². The minimum Gasteiger partial charge on any atom is -0.354 e. The van der Waals surface area contributed by atoms with Gasteiger partial charge in [0.1, 0.15) is 0 Å². The lowest BCUT2D eigenvalue weighted by Crippen LogP contribution is -2.30. The molecule has 290 valence electrons. The zero-order valence-corrected chi connectivity index (χ0v) is 34.8. The largest absolute Gasteiger partial charge is 0.354 e. The number of fused-ring (bicyclic) bond motifs is 5. The van der Waals surface area contributed by atoms with E-state index in [1.807, 2.05) is 6.08 Å². The molecule has 1 aromatic heterocycles. The molecule has 0 atom stereocenters. The molecule has 0 bridgehead atoms. The summed E-state index contributed by atoms with van der Waals surface area (Å²) in [6.07, 6.45) is 8.50. The van der Waals surface area contributed by atoms with Crippen molar-refractivity contribution in [3.63, 3.8) is 0 Å². The third-order valence-corrected chi connectivity index (χ3v) is 13.1. The van der Waals surface area contributed by atoms with Crippen molar-refractivity contribution in [1.29, 1.82) is 0 Å². The van der Waals surface area contributed by atoms with Crippen molar-refractivity contribution in [2.75, 3.05) is 4.90 Å². The van der Waals surface area contributed by atoms with E-state index in [1.54, 1.807) is 0 Å². The van der Waals surface area contributed by atoms with E-state index in [1.165, 1.54) is 72.0 Å². The van der Waals surface area contributed by atoms with E-state index in [0.717, 1.165) is 33.7 Å². The van der Waals surface area contributed by atoms with E-state index < -0.39 is 5.41 Å². The van der Waals surface area contributed by atoms with Crippen LogP contribution in [0.25, 0.3) is 38.5 Å². The molecule has 2 aliphatic rings. The predicted octanol–water partition coefficient (Wildman–Crippen LogP) is 15.4. The first-order chi connectivity index (χ1) is 29.3. The summed E-state index contributed by atoms with van der Waals surface area (Å²) in [7, 11) is 0. The molecule has 0 fully saturated rings. The van der Waals surface area contributed by atoms with Crippen molar-refractivity contribution in [2.24, 2.45) is 0 Å². The molecule has 1 heterocycles. The Hall–Kier alpha value is -7.16. The van der Waals surface area contributed by atoms with E-state index in [4.69, 9.17) is 0 Å². The number of hydrogen-bond donors (Lipinski definition) is 1. The van der Waals surface area contributed by atoms with Gasteiger partial charge in [-0.05, 0) is 123 Å². The Balaban J connectivity index is 1.30. The molecule has 2 nitrogen and oxygen atoms in total. The SMILES string of the molecule is C=CC1=C(/C=C\C)C(C)(C)c2cc(N(c3ccc4c(c3)C(c3ccccc3)(c3ccccc3)C(c3ccccc3C)=C4C=C)c3cccc4[nH]c5ccccc5c34)ccc21. The Labute approximate surface area is 353 Å². The van der Waals surface area contributed by atoms with Gasteiger partial charge in [0, 0.05) is 38.6 Å². The number of aromatic nitrogens is 1. The zero-order valence-electron chi connectivity index (χ0n) is 34.8. The first kappa shape index (κ1) is 37.1. The molecule has 0 radical (unpaired) electrons. The molecule has 0 spiro atoms. The minimum atomic E-state index is -0.647. The lowest BCUT2D eigenvalue weighted by Gasteiger charge is -2.37. The second-order valence-electron chi connectivity index (χ2n) is 16.6. The number of aryl methyl sites for hydroxylation is 1. The summed E-state index contributed by atoms with van der Waals surface area (Å²) in [5.41, 5.74) is 19.4. The van der Waals surface area contributed by atoms with Crippen LogP contribution in [0.3, 0.4) is 0 Å². The second-order valence-corrected chi connectivity index (χ2v) is 16.6. The quantitative estimate of drug-likeness (QED) is 0.155. The molecule has 8 aromatic rings. The Morgan fingerprint density at radius 2 is 1.15 bits per heavy atom. The molecule has 0 unspecified atom stereocenters. The number of nitrogens with one attached hydrogen (secondary N) is 1. The maximum atomic E-state index is 4.50. The highest BCUT2D eigenvalue weighted by Gasteiger charge is 2.48. The molecule has 10 rings (SSSR count). The third-order valence-electron chi connectivity index (χ3n) is 13.1. The molecular weight excluding hydrogens is 725 g/mol. The highest BCUT2D eigenvalue weighted by Crippen LogP contribution is 2.60. The van der Waals surface area contributed by atoms with Crippen LogP contribution in [0.4, 0.5) is 17.1 Å². The Morgan fingerprint density at radius 1 is 0.567 bits per heavy atom. The van der Waals surface area contributed by atoms with Gasteiger partial charge < -0.3 is 9.88 Å². The Morgan fingerprint density at radius 3 is 1.80 bits per heavy atom. The fourth-order valence-electron chi connectivity index (χ4n) is 10.5. The van der Waals surface area contributed by atoms with E-state index in [9.17, 15) is 0 Å². The van der Waals surface area contributed by atoms with Crippen LogP contribution in [0, 0.1) is 6.92 Å². The van der Waals surface area contributed by atoms with Gasteiger partial charge in [-0.3, -0.25) is 0 Å². The van der Waals surface area contributed by atoms with E-state index in [2.05, 4.69) is 233 Å². The molecule has 0 saturated carbocycles. The van der Waals surface area contributed by atoms with Crippen LogP contribution in [0.15, 0.2) is 207 Å².